The summed E-state index contributed by atoms with van der Waals surface area (Å²) in [4.78, 5) is 39.1. The molecule has 1 aromatic heterocycles. The summed E-state index contributed by atoms with van der Waals surface area (Å²) in [7, 11) is 0. The summed E-state index contributed by atoms with van der Waals surface area (Å²) < 4.78 is 56.7. The number of aromatic nitrogens is 1. The van der Waals surface area contributed by atoms with Crippen molar-refractivity contribution in [3.63, 3.8) is 0 Å². The van der Waals surface area contributed by atoms with Crippen molar-refractivity contribution in [1.29, 1.82) is 0 Å². The fourth-order valence-electron chi connectivity index (χ4n) is 6.60. The first kappa shape index (κ1) is 30.5. The molecule has 4 heterocycles. The molecular formula is C31H34F3N5O4S. The van der Waals surface area contributed by atoms with Gasteiger partial charge in [-0.2, -0.15) is 0 Å². The predicted octanol–water partition coefficient (Wildman–Crippen LogP) is 4.01. The molecule has 3 fully saturated rings. The number of hydrogen-bond acceptors (Lipinski definition) is 10. The number of carbonyl (C=O) groups excluding carboxylic acids is 2. The molecule has 3 atom stereocenters. The summed E-state index contributed by atoms with van der Waals surface area (Å²) >= 11 is 1.32. The minimum atomic E-state index is -3.02. The summed E-state index contributed by atoms with van der Waals surface area (Å²) in [6.07, 6.45) is 4.20. The second-order valence-corrected chi connectivity index (χ2v) is 12.5. The van der Waals surface area contributed by atoms with Crippen molar-refractivity contribution < 1.29 is 32.2 Å². The monoisotopic (exact) mass is 629 g/mol. The first-order chi connectivity index (χ1) is 21.1. The molecule has 0 spiro atoms. The molecule has 6 rings (SSSR count). The van der Waals surface area contributed by atoms with Crippen molar-refractivity contribution in [3.05, 3.63) is 75.7 Å². The predicted molar refractivity (Wildman–Crippen MR) is 158 cm³/mol. The molecule has 0 amide bonds. The molecule has 1 aliphatic carbocycles. The lowest BCUT2D eigenvalue weighted by molar-refractivity contribution is -0.151. The third-order valence-electron chi connectivity index (χ3n) is 8.98. The summed E-state index contributed by atoms with van der Waals surface area (Å²) in [5, 5.41) is 5.52. The smallest absolute Gasteiger partial charge is 0.338 e. The van der Waals surface area contributed by atoms with Crippen LogP contribution >= 0.6 is 11.3 Å². The van der Waals surface area contributed by atoms with Crippen LogP contribution < -0.4 is 5.32 Å². The fourth-order valence-corrected chi connectivity index (χ4v) is 7.19. The van der Waals surface area contributed by atoms with Gasteiger partial charge in [-0.25, -0.2) is 22.9 Å². The highest BCUT2D eigenvalue weighted by atomic mass is 32.1. The third kappa shape index (κ3) is 5.34. The zero-order valence-electron chi connectivity index (χ0n) is 24.5. The maximum absolute atomic E-state index is 15.6. The Bertz CT molecular complexity index is 1520. The highest BCUT2D eigenvalue weighted by molar-refractivity contribution is 7.11. The van der Waals surface area contributed by atoms with E-state index in [2.05, 4.69) is 16.9 Å². The summed E-state index contributed by atoms with van der Waals surface area (Å²) in [6, 6.07) is 3.05. The van der Waals surface area contributed by atoms with Gasteiger partial charge in [0, 0.05) is 43.0 Å². The van der Waals surface area contributed by atoms with Crippen LogP contribution in [0.25, 0.3) is 0 Å². The SMILES string of the molecule is C=CCOC(=O)C1(N2C[C@@H]3[C@H](C2)N(CC2=C(C(=O)OCC)[C@H](c4cccc(F)c4C)N=C(c4nccs4)N2)CC3(F)F)CC1. The normalized spacial score (nSPS) is 25.7. The molecule has 0 bridgehead atoms. The number of nitrogens with zero attached hydrogens (tertiary/aromatic N) is 4. The van der Waals surface area contributed by atoms with Crippen LogP contribution in [0, 0.1) is 18.7 Å². The van der Waals surface area contributed by atoms with E-state index in [1.54, 1.807) is 42.5 Å². The summed E-state index contributed by atoms with van der Waals surface area (Å²) in [6.45, 7) is 6.77. The van der Waals surface area contributed by atoms with Gasteiger partial charge in [0.1, 0.15) is 24.0 Å². The van der Waals surface area contributed by atoms with Crippen molar-refractivity contribution in [2.45, 2.75) is 50.2 Å². The average molecular weight is 630 g/mol. The van der Waals surface area contributed by atoms with Gasteiger partial charge in [-0.15, -0.1) is 11.3 Å². The number of carbonyl (C=O) groups is 2. The van der Waals surface area contributed by atoms with Gasteiger partial charge >= 0.3 is 11.9 Å². The van der Waals surface area contributed by atoms with Crippen molar-refractivity contribution in [2.75, 3.05) is 39.4 Å². The molecule has 3 aliphatic heterocycles. The molecule has 1 N–H and O–H groups in total. The lowest BCUT2D eigenvalue weighted by Crippen LogP contribution is -2.47. The van der Waals surface area contributed by atoms with Gasteiger partial charge < -0.3 is 14.8 Å². The van der Waals surface area contributed by atoms with Gasteiger partial charge in [-0.05, 0) is 43.9 Å². The van der Waals surface area contributed by atoms with Crippen LogP contribution in [0.3, 0.4) is 0 Å². The number of aliphatic imine (C=N–C) groups is 1. The van der Waals surface area contributed by atoms with Crippen LogP contribution in [0.4, 0.5) is 13.2 Å². The Kier molecular flexibility index (Phi) is 8.14. The van der Waals surface area contributed by atoms with Gasteiger partial charge in [0.05, 0.1) is 24.6 Å². The number of rotatable bonds is 10. The standard InChI is InChI=1S/C31H34F3N5O4S/c1-4-12-43-29(41)30(9-10-30)39-14-20-23(16-39)38(17-31(20,33)34)15-22-24(28(40)42-5-2)25(19-7-6-8-21(32)18(19)3)37-26(36-22)27-35-11-13-44-27/h4,6-8,11,13,20,23,25H,1,5,9-10,12,14-17H2,2-3H3,(H,36,37)/t20-,23+,25+/m1/s1. The van der Waals surface area contributed by atoms with Crippen LogP contribution in [0.5, 0.6) is 0 Å². The van der Waals surface area contributed by atoms with Gasteiger partial charge in [-0.1, -0.05) is 24.8 Å². The quantitative estimate of drug-likeness (QED) is 0.311. The van der Waals surface area contributed by atoms with E-state index in [9.17, 15) is 14.0 Å². The van der Waals surface area contributed by atoms with Crippen molar-refractivity contribution in [3.8, 4) is 0 Å². The van der Waals surface area contributed by atoms with Crippen LogP contribution in [0.1, 0.15) is 41.9 Å². The number of thiazole rings is 1. The maximum Gasteiger partial charge on any atom is 0.338 e. The number of fused-ring (bicyclic) bond motifs is 1. The second-order valence-electron chi connectivity index (χ2n) is 11.6. The Balaban J connectivity index is 1.36. The highest BCUT2D eigenvalue weighted by Crippen LogP contribution is 2.51. The molecule has 0 radical (unpaired) electrons. The van der Waals surface area contributed by atoms with E-state index in [0.29, 0.717) is 40.5 Å². The number of alkyl halides is 2. The Morgan fingerprint density at radius 2 is 2.05 bits per heavy atom. The molecule has 0 unspecified atom stereocenters. The first-order valence-electron chi connectivity index (χ1n) is 14.6. The fraction of sp³-hybridized carbons (Fsp3) is 0.484. The third-order valence-corrected chi connectivity index (χ3v) is 9.76. The molecular weight excluding hydrogens is 595 g/mol. The second kappa shape index (κ2) is 11.8. The van der Waals surface area contributed by atoms with Crippen LogP contribution in [0.2, 0.25) is 0 Å². The van der Waals surface area contributed by atoms with Gasteiger partial charge in [0.25, 0.3) is 5.92 Å². The van der Waals surface area contributed by atoms with Crippen molar-refractivity contribution in [2.24, 2.45) is 10.9 Å². The van der Waals surface area contributed by atoms with Gasteiger partial charge in [0.15, 0.2) is 10.8 Å². The van der Waals surface area contributed by atoms with Gasteiger partial charge in [0.2, 0.25) is 0 Å². The largest absolute Gasteiger partial charge is 0.463 e. The first-order valence-corrected chi connectivity index (χ1v) is 15.5. The number of esters is 2. The number of halogens is 3. The van der Waals surface area contributed by atoms with E-state index < -0.39 is 53.8 Å². The number of amidine groups is 1. The topological polar surface area (TPSA) is 96.4 Å². The summed E-state index contributed by atoms with van der Waals surface area (Å²) in [5.74, 6) is -5.20. The Hall–Kier alpha value is -3.55. The molecule has 2 aromatic rings. The van der Waals surface area contributed by atoms with Crippen molar-refractivity contribution in [1.82, 2.24) is 20.1 Å². The Morgan fingerprint density at radius 3 is 2.73 bits per heavy atom. The van der Waals surface area contributed by atoms with Crippen LogP contribution in [0.15, 0.2) is 58.7 Å². The number of hydrogen-bond donors (Lipinski definition) is 1. The minimum absolute atomic E-state index is 0.0398. The number of likely N-dealkylation sites (tertiary alicyclic amines) is 2. The minimum Gasteiger partial charge on any atom is -0.463 e. The van der Waals surface area contributed by atoms with Crippen molar-refractivity contribution >= 4 is 29.1 Å². The van der Waals surface area contributed by atoms with Gasteiger partial charge in [-0.3, -0.25) is 19.6 Å². The van der Waals surface area contributed by atoms with E-state index in [4.69, 9.17) is 14.5 Å². The zero-order valence-corrected chi connectivity index (χ0v) is 25.3. The maximum atomic E-state index is 15.6. The van der Waals surface area contributed by atoms with E-state index >= 15 is 8.78 Å². The molecule has 4 aliphatic rings. The Morgan fingerprint density at radius 1 is 1.25 bits per heavy atom. The molecule has 2 saturated heterocycles. The van der Waals surface area contributed by atoms with Crippen LogP contribution in [-0.4, -0.2) is 89.5 Å². The lowest BCUT2D eigenvalue weighted by atomic mass is 9.92. The lowest BCUT2D eigenvalue weighted by Gasteiger charge is -2.32. The molecule has 1 saturated carbocycles. The number of nitrogens with one attached hydrogen (secondary N) is 1. The molecule has 13 heteroatoms. The van der Waals surface area contributed by atoms with E-state index in [1.807, 2.05) is 4.90 Å². The summed E-state index contributed by atoms with van der Waals surface area (Å²) in [5.41, 5.74) is 0.373. The molecule has 234 valence electrons. The molecule has 44 heavy (non-hydrogen) atoms. The highest BCUT2D eigenvalue weighted by Gasteiger charge is 2.65. The van der Waals surface area contributed by atoms with E-state index in [1.165, 1.54) is 23.5 Å². The van der Waals surface area contributed by atoms with E-state index in [-0.39, 0.29) is 38.4 Å². The zero-order chi connectivity index (χ0) is 31.2. The number of ether oxygens (including phenoxy) is 2. The number of benzene rings is 1. The average Bonchev–Trinajstić information content (AvgIpc) is 3.31. The van der Waals surface area contributed by atoms with Crippen LogP contribution in [-0.2, 0) is 19.1 Å². The molecule has 9 nitrogen and oxygen atoms in total. The molecule has 1 aromatic carbocycles. The van der Waals surface area contributed by atoms with E-state index in [0.717, 1.165) is 0 Å². The Labute approximate surface area is 257 Å².